The van der Waals surface area contributed by atoms with Crippen molar-refractivity contribution in [1.29, 1.82) is 0 Å². The first-order chi connectivity index (χ1) is 8.76. The second kappa shape index (κ2) is 6.23. The van der Waals surface area contributed by atoms with Gasteiger partial charge in [0.2, 0.25) is 0 Å². The molecule has 102 valence electrons. The standard InChI is InChI=1S/C16H21NO2/c1-12(5-10-15(18)19-16(2,3)4)11-13-6-8-14(17)9-7-13/h5-11H,17H2,1-4H3. The van der Waals surface area contributed by atoms with Crippen LogP contribution in [-0.4, -0.2) is 11.6 Å². The first kappa shape index (κ1) is 15.0. The van der Waals surface area contributed by atoms with Gasteiger partial charge in [-0.15, -0.1) is 0 Å². The summed E-state index contributed by atoms with van der Waals surface area (Å²) in [6.45, 7) is 7.46. The van der Waals surface area contributed by atoms with E-state index in [0.717, 1.165) is 16.8 Å². The summed E-state index contributed by atoms with van der Waals surface area (Å²) in [5.41, 5.74) is 7.90. The van der Waals surface area contributed by atoms with E-state index in [1.807, 2.05) is 58.0 Å². The topological polar surface area (TPSA) is 52.3 Å². The minimum atomic E-state index is -0.462. The van der Waals surface area contributed by atoms with Gasteiger partial charge in [-0.05, 0) is 45.4 Å². The minimum absolute atomic E-state index is 0.336. The van der Waals surface area contributed by atoms with Crippen LogP contribution in [0.25, 0.3) is 6.08 Å². The molecule has 0 bridgehead atoms. The lowest BCUT2D eigenvalue weighted by Gasteiger charge is -2.17. The molecule has 1 aromatic rings. The third-order valence-electron chi connectivity index (χ3n) is 2.22. The van der Waals surface area contributed by atoms with Crippen LogP contribution in [0.5, 0.6) is 0 Å². The number of hydrogen-bond acceptors (Lipinski definition) is 3. The summed E-state index contributed by atoms with van der Waals surface area (Å²) in [5, 5.41) is 0. The molecule has 2 N–H and O–H groups in total. The predicted molar refractivity (Wildman–Crippen MR) is 79.5 cm³/mol. The molecule has 0 unspecified atom stereocenters. The van der Waals surface area contributed by atoms with Crippen LogP contribution in [0.2, 0.25) is 0 Å². The Hall–Kier alpha value is -2.03. The molecule has 0 aliphatic carbocycles. The van der Waals surface area contributed by atoms with Crippen LogP contribution in [-0.2, 0) is 9.53 Å². The fourth-order valence-corrected chi connectivity index (χ4v) is 1.44. The van der Waals surface area contributed by atoms with Crippen molar-refractivity contribution in [3.05, 3.63) is 47.6 Å². The fraction of sp³-hybridized carbons (Fsp3) is 0.312. The average Bonchev–Trinajstić information content (AvgIpc) is 2.27. The minimum Gasteiger partial charge on any atom is -0.457 e. The molecule has 1 rings (SSSR count). The Morgan fingerprint density at radius 1 is 1.16 bits per heavy atom. The van der Waals surface area contributed by atoms with Gasteiger partial charge in [-0.3, -0.25) is 0 Å². The van der Waals surface area contributed by atoms with Gasteiger partial charge >= 0.3 is 5.97 Å². The maximum absolute atomic E-state index is 11.5. The molecular weight excluding hydrogens is 238 g/mol. The highest BCUT2D eigenvalue weighted by molar-refractivity contribution is 5.83. The van der Waals surface area contributed by atoms with Crippen molar-refractivity contribution in [3.8, 4) is 0 Å². The second-order valence-corrected chi connectivity index (χ2v) is 5.42. The Labute approximate surface area is 114 Å². The van der Waals surface area contributed by atoms with Crippen LogP contribution in [0.3, 0.4) is 0 Å². The average molecular weight is 259 g/mol. The summed E-state index contributed by atoms with van der Waals surface area (Å²) >= 11 is 0. The lowest BCUT2D eigenvalue weighted by Crippen LogP contribution is -2.22. The van der Waals surface area contributed by atoms with Crippen LogP contribution in [0.15, 0.2) is 42.0 Å². The Balaban J connectivity index is 2.66. The number of nitrogen functional groups attached to an aromatic ring is 1. The predicted octanol–water partition coefficient (Wildman–Crippen LogP) is 3.57. The Morgan fingerprint density at radius 3 is 2.26 bits per heavy atom. The number of allylic oxidation sites excluding steroid dienone is 2. The van der Waals surface area contributed by atoms with Gasteiger partial charge in [0.15, 0.2) is 0 Å². The van der Waals surface area contributed by atoms with Crippen LogP contribution >= 0.6 is 0 Å². The number of hydrogen-bond donors (Lipinski definition) is 1. The number of benzene rings is 1. The number of ether oxygens (including phenoxy) is 1. The molecule has 0 aliphatic rings. The molecular formula is C16H21NO2. The lowest BCUT2D eigenvalue weighted by atomic mass is 10.1. The zero-order valence-corrected chi connectivity index (χ0v) is 11.9. The monoisotopic (exact) mass is 259 g/mol. The van der Waals surface area contributed by atoms with Crippen molar-refractivity contribution in [2.24, 2.45) is 0 Å². The van der Waals surface area contributed by atoms with Crippen LogP contribution in [0, 0.1) is 0 Å². The van der Waals surface area contributed by atoms with Crippen molar-refractivity contribution < 1.29 is 9.53 Å². The molecule has 0 amide bonds. The Bertz CT molecular complexity index is 490. The highest BCUT2D eigenvalue weighted by atomic mass is 16.6. The zero-order valence-electron chi connectivity index (χ0n) is 11.9. The van der Waals surface area contributed by atoms with E-state index in [-0.39, 0.29) is 5.97 Å². The normalized spacial score (nSPS) is 12.7. The van der Waals surface area contributed by atoms with E-state index in [4.69, 9.17) is 10.5 Å². The molecule has 0 saturated heterocycles. The lowest BCUT2D eigenvalue weighted by molar-refractivity contribution is -0.148. The number of carbonyl (C=O) groups is 1. The Kier molecular flexibility index (Phi) is 4.93. The van der Waals surface area contributed by atoms with E-state index >= 15 is 0 Å². The van der Waals surface area contributed by atoms with Crippen LogP contribution < -0.4 is 5.73 Å². The van der Waals surface area contributed by atoms with E-state index in [1.54, 1.807) is 6.08 Å². The van der Waals surface area contributed by atoms with E-state index < -0.39 is 5.60 Å². The summed E-state index contributed by atoms with van der Waals surface area (Å²) in [5.74, 6) is -0.336. The summed E-state index contributed by atoms with van der Waals surface area (Å²) in [6.07, 6.45) is 5.15. The molecule has 0 radical (unpaired) electrons. The number of carbonyl (C=O) groups excluding carboxylic acids is 1. The zero-order chi connectivity index (χ0) is 14.5. The first-order valence-electron chi connectivity index (χ1n) is 6.21. The molecule has 1 aromatic carbocycles. The van der Waals surface area contributed by atoms with Gasteiger partial charge in [0.05, 0.1) is 0 Å². The third kappa shape index (κ3) is 6.46. The SMILES string of the molecule is CC(C=CC(=O)OC(C)(C)C)=Cc1ccc(N)cc1. The van der Waals surface area contributed by atoms with Crippen molar-refractivity contribution >= 4 is 17.7 Å². The van der Waals surface area contributed by atoms with Gasteiger partial charge in [0, 0.05) is 11.8 Å². The highest BCUT2D eigenvalue weighted by Gasteiger charge is 2.13. The van der Waals surface area contributed by atoms with Gasteiger partial charge in [-0.25, -0.2) is 4.79 Å². The maximum atomic E-state index is 11.5. The molecule has 0 atom stereocenters. The third-order valence-corrected chi connectivity index (χ3v) is 2.22. The van der Waals surface area contributed by atoms with Crippen molar-refractivity contribution in [1.82, 2.24) is 0 Å². The van der Waals surface area contributed by atoms with Gasteiger partial charge < -0.3 is 10.5 Å². The van der Waals surface area contributed by atoms with Gasteiger partial charge in [-0.1, -0.05) is 29.9 Å². The first-order valence-corrected chi connectivity index (χ1v) is 6.21. The molecule has 0 aliphatic heterocycles. The van der Waals surface area contributed by atoms with Crippen molar-refractivity contribution in [2.45, 2.75) is 33.3 Å². The molecule has 0 spiro atoms. The molecule has 0 aromatic heterocycles. The van der Waals surface area contributed by atoms with E-state index in [2.05, 4.69) is 0 Å². The summed E-state index contributed by atoms with van der Waals surface area (Å²) in [4.78, 5) is 11.5. The van der Waals surface area contributed by atoms with E-state index in [0.29, 0.717) is 0 Å². The molecule has 0 saturated carbocycles. The smallest absolute Gasteiger partial charge is 0.331 e. The van der Waals surface area contributed by atoms with Gasteiger partial charge in [0.1, 0.15) is 5.60 Å². The molecule has 0 heterocycles. The number of esters is 1. The summed E-state index contributed by atoms with van der Waals surface area (Å²) in [7, 11) is 0. The number of nitrogens with two attached hydrogens (primary N) is 1. The van der Waals surface area contributed by atoms with E-state index in [9.17, 15) is 4.79 Å². The second-order valence-electron chi connectivity index (χ2n) is 5.42. The number of anilines is 1. The van der Waals surface area contributed by atoms with Gasteiger partial charge in [-0.2, -0.15) is 0 Å². The van der Waals surface area contributed by atoms with E-state index in [1.165, 1.54) is 6.08 Å². The molecule has 19 heavy (non-hydrogen) atoms. The largest absolute Gasteiger partial charge is 0.457 e. The van der Waals surface area contributed by atoms with Crippen LogP contribution in [0.1, 0.15) is 33.3 Å². The fourth-order valence-electron chi connectivity index (χ4n) is 1.44. The van der Waals surface area contributed by atoms with Crippen molar-refractivity contribution in [3.63, 3.8) is 0 Å². The number of rotatable bonds is 3. The van der Waals surface area contributed by atoms with Crippen LogP contribution in [0.4, 0.5) is 5.69 Å². The molecule has 3 nitrogen and oxygen atoms in total. The van der Waals surface area contributed by atoms with Gasteiger partial charge in [0.25, 0.3) is 0 Å². The Morgan fingerprint density at radius 2 is 1.74 bits per heavy atom. The summed E-state index contributed by atoms with van der Waals surface area (Å²) in [6, 6.07) is 7.55. The quantitative estimate of drug-likeness (QED) is 0.391. The molecule has 0 fully saturated rings. The van der Waals surface area contributed by atoms with Crippen molar-refractivity contribution in [2.75, 3.05) is 5.73 Å². The molecule has 3 heteroatoms. The highest BCUT2D eigenvalue weighted by Crippen LogP contribution is 2.11. The summed E-state index contributed by atoms with van der Waals surface area (Å²) < 4.78 is 5.18. The maximum Gasteiger partial charge on any atom is 0.331 e.